The van der Waals surface area contributed by atoms with Gasteiger partial charge in [-0.3, -0.25) is 0 Å². The Morgan fingerprint density at radius 1 is 1.33 bits per heavy atom. The number of aryl methyl sites for hydroxylation is 1. The first-order valence-corrected chi connectivity index (χ1v) is 3.73. The summed E-state index contributed by atoms with van der Waals surface area (Å²) < 4.78 is 5.36. The quantitative estimate of drug-likeness (QED) is 0.783. The minimum absolute atomic E-state index is 0. The third-order valence-corrected chi connectivity index (χ3v) is 1.47. The van der Waals surface area contributed by atoms with Crippen molar-refractivity contribution in [3.8, 4) is 5.75 Å². The molecule has 0 aliphatic carbocycles. The van der Waals surface area contributed by atoms with Gasteiger partial charge in [-0.05, 0) is 18.6 Å². The van der Waals surface area contributed by atoms with Crippen LogP contribution in [-0.4, -0.2) is 13.2 Å². The minimum atomic E-state index is 0. The van der Waals surface area contributed by atoms with E-state index >= 15 is 0 Å². The molecule has 2 N–H and O–H groups in total. The van der Waals surface area contributed by atoms with Gasteiger partial charge in [0.05, 0.1) is 0 Å². The Bertz CT molecular complexity index is 228. The van der Waals surface area contributed by atoms with Crippen LogP contribution in [0.3, 0.4) is 0 Å². The SMILES string of the molecule is Cc1ccccc1OCCN.Cl. The molecule has 0 atom stereocenters. The van der Waals surface area contributed by atoms with Crippen molar-refractivity contribution >= 4 is 12.4 Å². The Morgan fingerprint density at radius 3 is 2.58 bits per heavy atom. The van der Waals surface area contributed by atoms with E-state index in [1.807, 2.05) is 31.2 Å². The van der Waals surface area contributed by atoms with Crippen LogP contribution in [0.25, 0.3) is 0 Å². The Morgan fingerprint density at radius 2 is 2.00 bits per heavy atom. The molecule has 3 heteroatoms. The van der Waals surface area contributed by atoms with E-state index in [2.05, 4.69) is 0 Å². The van der Waals surface area contributed by atoms with Gasteiger partial charge >= 0.3 is 0 Å². The maximum absolute atomic E-state index is 5.36. The average molecular weight is 188 g/mol. The molecule has 0 aliphatic heterocycles. The van der Waals surface area contributed by atoms with Crippen molar-refractivity contribution in [1.29, 1.82) is 0 Å². The summed E-state index contributed by atoms with van der Waals surface area (Å²) in [4.78, 5) is 0. The molecule has 0 bridgehead atoms. The lowest BCUT2D eigenvalue weighted by Gasteiger charge is -2.06. The van der Waals surface area contributed by atoms with Crippen molar-refractivity contribution in [3.63, 3.8) is 0 Å². The van der Waals surface area contributed by atoms with Gasteiger partial charge in [0.25, 0.3) is 0 Å². The molecular formula is C9H14ClNO. The van der Waals surface area contributed by atoms with Crippen LogP contribution in [0.5, 0.6) is 5.75 Å². The van der Waals surface area contributed by atoms with Crippen molar-refractivity contribution in [1.82, 2.24) is 0 Å². The highest BCUT2D eigenvalue weighted by Crippen LogP contribution is 2.15. The highest BCUT2D eigenvalue weighted by Gasteiger charge is 1.94. The first kappa shape index (κ1) is 11.3. The fourth-order valence-electron chi connectivity index (χ4n) is 0.887. The lowest BCUT2D eigenvalue weighted by Crippen LogP contribution is -2.10. The monoisotopic (exact) mass is 187 g/mol. The number of hydrogen-bond acceptors (Lipinski definition) is 2. The number of nitrogens with two attached hydrogens (primary N) is 1. The summed E-state index contributed by atoms with van der Waals surface area (Å²) in [5, 5.41) is 0. The topological polar surface area (TPSA) is 35.2 Å². The Hall–Kier alpha value is -0.730. The zero-order valence-corrected chi connectivity index (χ0v) is 7.93. The fourth-order valence-corrected chi connectivity index (χ4v) is 0.887. The van der Waals surface area contributed by atoms with E-state index in [1.54, 1.807) is 0 Å². The van der Waals surface area contributed by atoms with Gasteiger partial charge in [-0.1, -0.05) is 18.2 Å². The number of para-hydroxylation sites is 1. The Balaban J connectivity index is 0.00000121. The molecule has 1 rings (SSSR count). The van der Waals surface area contributed by atoms with Gasteiger partial charge < -0.3 is 10.5 Å². The van der Waals surface area contributed by atoms with Crippen molar-refractivity contribution in [2.45, 2.75) is 6.92 Å². The summed E-state index contributed by atoms with van der Waals surface area (Å²) in [6, 6.07) is 7.92. The molecule has 68 valence electrons. The first-order valence-electron chi connectivity index (χ1n) is 3.73. The van der Waals surface area contributed by atoms with E-state index in [4.69, 9.17) is 10.5 Å². The third-order valence-electron chi connectivity index (χ3n) is 1.47. The Kier molecular flexibility index (Phi) is 5.51. The second-order valence-corrected chi connectivity index (χ2v) is 2.40. The van der Waals surface area contributed by atoms with Crippen LogP contribution in [0.2, 0.25) is 0 Å². The van der Waals surface area contributed by atoms with Crippen molar-refractivity contribution in [3.05, 3.63) is 29.8 Å². The van der Waals surface area contributed by atoms with Gasteiger partial charge in [0.2, 0.25) is 0 Å². The second-order valence-electron chi connectivity index (χ2n) is 2.40. The van der Waals surface area contributed by atoms with Crippen LogP contribution in [-0.2, 0) is 0 Å². The van der Waals surface area contributed by atoms with E-state index in [-0.39, 0.29) is 12.4 Å². The molecule has 0 spiro atoms. The van der Waals surface area contributed by atoms with Crippen LogP contribution in [0.15, 0.2) is 24.3 Å². The number of benzene rings is 1. The molecule has 2 nitrogen and oxygen atoms in total. The molecular weight excluding hydrogens is 174 g/mol. The molecule has 0 radical (unpaired) electrons. The largest absolute Gasteiger partial charge is 0.492 e. The zero-order chi connectivity index (χ0) is 8.10. The molecule has 1 aromatic rings. The smallest absolute Gasteiger partial charge is 0.122 e. The predicted octanol–water partition coefficient (Wildman–Crippen LogP) is 1.75. The molecule has 0 amide bonds. The summed E-state index contributed by atoms with van der Waals surface area (Å²) >= 11 is 0. The standard InChI is InChI=1S/C9H13NO.ClH/c1-8-4-2-3-5-9(8)11-7-6-10;/h2-5H,6-7,10H2,1H3;1H. The summed E-state index contributed by atoms with van der Waals surface area (Å²) in [5.74, 6) is 0.929. The summed E-state index contributed by atoms with van der Waals surface area (Å²) in [6.45, 7) is 3.17. The molecule has 0 aromatic heterocycles. The molecule has 0 heterocycles. The van der Waals surface area contributed by atoms with Crippen LogP contribution in [0.4, 0.5) is 0 Å². The predicted molar refractivity (Wildman–Crippen MR) is 53.0 cm³/mol. The molecule has 0 unspecified atom stereocenters. The van der Waals surface area contributed by atoms with Gasteiger partial charge in [0, 0.05) is 6.54 Å². The molecule has 0 saturated carbocycles. The summed E-state index contributed by atoms with van der Waals surface area (Å²) in [5.41, 5.74) is 6.46. The number of hydrogen-bond donors (Lipinski definition) is 1. The molecule has 0 fully saturated rings. The van der Waals surface area contributed by atoms with Crippen molar-refractivity contribution in [2.75, 3.05) is 13.2 Å². The average Bonchev–Trinajstić information content (AvgIpc) is 2.03. The second kappa shape index (κ2) is 5.86. The zero-order valence-electron chi connectivity index (χ0n) is 7.12. The van der Waals surface area contributed by atoms with E-state index in [1.165, 1.54) is 0 Å². The van der Waals surface area contributed by atoms with E-state index < -0.39 is 0 Å². The maximum atomic E-state index is 5.36. The molecule has 0 saturated heterocycles. The number of rotatable bonds is 3. The van der Waals surface area contributed by atoms with E-state index in [0.717, 1.165) is 11.3 Å². The van der Waals surface area contributed by atoms with Gasteiger partial charge in [-0.2, -0.15) is 0 Å². The number of ether oxygens (including phenoxy) is 1. The van der Waals surface area contributed by atoms with Crippen LogP contribution in [0, 0.1) is 6.92 Å². The van der Waals surface area contributed by atoms with Crippen LogP contribution in [0.1, 0.15) is 5.56 Å². The first-order chi connectivity index (χ1) is 5.34. The minimum Gasteiger partial charge on any atom is -0.492 e. The maximum Gasteiger partial charge on any atom is 0.122 e. The normalized spacial score (nSPS) is 8.83. The fraction of sp³-hybridized carbons (Fsp3) is 0.333. The van der Waals surface area contributed by atoms with E-state index in [9.17, 15) is 0 Å². The van der Waals surface area contributed by atoms with Crippen molar-refractivity contribution in [2.24, 2.45) is 5.73 Å². The van der Waals surface area contributed by atoms with Gasteiger partial charge in [0.15, 0.2) is 0 Å². The highest BCUT2D eigenvalue weighted by atomic mass is 35.5. The van der Waals surface area contributed by atoms with Gasteiger partial charge in [0.1, 0.15) is 12.4 Å². The summed E-state index contributed by atoms with van der Waals surface area (Å²) in [7, 11) is 0. The molecule has 12 heavy (non-hydrogen) atoms. The van der Waals surface area contributed by atoms with Crippen LogP contribution >= 0.6 is 12.4 Å². The molecule has 1 aromatic carbocycles. The van der Waals surface area contributed by atoms with Gasteiger partial charge in [-0.15, -0.1) is 12.4 Å². The van der Waals surface area contributed by atoms with Gasteiger partial charge in [-0.25, -0.2) is 0 Å². The summed E-state index contributed by atoms with van der Waals surface area (Å²) in [6.07, 6.45) is 0. The van der Waals surface area contributed by atoms with Crippen molar-refractivity contribution < 1.29 is 4.74 Å². The van der Waals surface area contributed by atoms with E-state index in [0.29, 0.717) is 13.2 Å². The lowest BCUT2D eigenvalue weighted by molar-refractivity contribution is 0.326. The van der Waals surface area contributed by atoms with Crippen LogP contribution < -0.4 is 10.5 Å². The number of halogens is 1. The lowest BCUT2D eigenvalue weighted by atomic mass is 10.2. The third kappa shape index (κ3) is 3.11. The highest BCUT2D eigenvalue weighted by molar-refractivity contribution is 5.85. The molecule has 0 aliphatic rings. The Labute approximate surface area is 79.1 Å².